The van der Waals surface area contributed by atoms with Crippen molar-refractivity contribution in [2.45, 2.75) is 10.8 Å². The normalized spacial score (nSPS) is 12.0. The van der Waals surface area contributed by atoms with Crippen molar-refractivity contribution < 1.29 is 0 Å². The summed E-state index contributed by atoms with van der Waals surface area (Å²) in [5.74, 6) is 1.17. The number of hydrogen-bond acceptors (Lipinski definition) is 4. The van der Waals surface area contributed by atoms with E-state index in [0.29, 0.717) is 11.9 Å². The predicted molar refractivity (Wildman–Crippen MR) is 476 cm³/mol. The molecule has 0 bridgehead atoms. The van der Waals surface area contributed by atoms with Crippen LogP contribution in [0.15, 0.2) is 461 Å². The minimum absolute atomic E-state index is 0.553. The number of hydrogen-bond donors (Lipinski definition) is 0. The fourth-order valence-electron chi connectivity index (χ4n) is 18.6. The second-order valence-electron chi connectivity index (χ2n) is 29.4. The minimum atomic E-state index is -3.37. The van der Waals surface area contributed by atoms with Gasteiger partial charge in [0.15, 0.2) is 0 Å². The molecule has 4 heterocycles. The molecule has 0 amide bonds. The third-order valence-corrected chi connectivity index (χ3v) is 32.8. The largest absolute Gasteiger partial charge is 0.278 e. The van der Waals surface area contributed by atoms with Gasteiger partial charge in [0.05, 0.1) is 44.3 Å². The second kappa shape index (κ2) is 29.2. The van der Waals surface area contributed by atoms with Gasteiger partial charge in [0.25, 0.3) is 0 Å². The standard InChI is InChI=1S/C106H76N6Si2/c1-13-41-79(42-14-1)105(80-43-15-2-16-44-80,81-45-17-3-18-46-81)99-75-100(106(82-47-19-4-20-48-82,83-49-21-5-22-50-83)84-51-23-6-24-52-84)108-103(107-99)111-95-67-39-37-65-91(95)93-73-77(69-71-97(93)111)78-70-72-98-94(74-78)92-66-38-40-68-96(92)112(98)104-109-101(113(85-53-25-7-26-54-85,86-55-27-8-28-56-86)87-57-29-9-30-58-87)76-102(110-104)114(88-59-31-10-32-60-88,89-61-33-11-34-62-89)90-63-35-12-36-64-90/h1-76H. The maximum atomic E-state index is 6.20. The van der Waals surface area contributed by atoms with E-state index in [1.165, 1.54) is 31.1 Å². The zero-order chi connectivity index (χ0) is 75.9. The molecular weight excluding hydrogens is 1410 g/mol. The van der Waals surface area contributed by atoms with Crippen LogP contribution in [0.1, 0.15) is 44.8 Å². The highest BCUT2D eigenvalue weighted by molar-refractivity contribution is 7.21. The highest BCUT2D eigenvalue weighted by Gasteiger charge is 2.50. The van der Waals surface area contributed by atoms with Crippen molar-refractivity contribution in [1.82, 2.24) is 29.1 Å². The zero-order valence-electron chi connectivity index (χ0n) is 62.6. The lowest BCUT2D eigenvalue weighted by Gasteiger charge is -2.39. The molecule has 114 heavy (non-hydrogen) atoms. The average Bonchev–Trinajstić information content (AvgIpc) is 0.896. The minimum Gasteiger partial charge on any atom is -0.278 e. The number of nitrogens with zero attached hydrogens (tertiary/aromatic N) is 6. The predicted octanol–water partition coefficient (Wildman–Crippen LogP) is 18.6. The van der Waals surface area contributed by atoms with E-state index in [1.54, 1.807) is 0 Å². The number of aromatic nitrogens is 6. The van der Waals surface area contributed by atoms with Gasteiger partial charge in [-0.05, 0) is 124 Å². The smallest absolute Gasteiger partial charge is 0.235 e. The van der Waals surface area contributed by atoms with E-state index in [-0.39, 0.29) is 0 Å². The maximum Gasteiger partial charge on any atom is 0.235 e. The van der Waals surface area contributed by atoms with Crippen molar-refractivity contribution >= 4 is 102 Å². The zero-order valence-corrected chi connectivity index (χ0v) is 64.6. The van der Waals surface area contributed by atoms with Gasteiger partial charge in [-0.1, -0.05) is 413 Å². The molecule has 8 heteroatoms. The lowest BCUT2D eigenvalue weighted by molar-refractivity contribution is 0.665. The van der Waals surface area contributed by atoms with Crippen molar-refractivity contribution in [3.05, 3.63) is 506 Å². The van der Waals surface area contributed by atoms with Crippen LogP contribution in [0.25, 0.3) is 66.6 Å². The Bertz CT molecular complexity index is 5710. The summed E-state index contributed by atoms with van der Waals surface area (Å²) >= 11 is 0. The highest BCUT2D eigenvalue weighted by Crippen LogP contribution is 2.50. The van der Waals surface area contributed by atoms with Gasteiger partial charge in [-0.15, -0.1) is 0 Å². The van der Waals surface area contributed by atoms with Crippen LogP contribution in [0.2, 0.25) is 0 Å². The first-order valence-corrected chi connectivity index (χ1v) is 43.1. The number of rotatable bonds is 19. The molecule has 16 aromatic carbocycles. The molecule has 0 saturated carbocycles. The summed E-state index contributed by atoms with van der Waals surface area (Å²) in [5.41, 5.74) is 12.4. The molecule has 20 rings (SSSR count). The van der Waals surface area contributed by atoms with Crippen molar-refractivity contribution in [3.63, 3.8) is 0 Å². The third kappa shape index (κ3) is 11.2. The van der Waals surface area contributed by atoms with Gasteiger partial charge < -0.3 is 0 Å². The summed E-state index contributed by atoms with van der Waals surface area (Å²) in [5, 5.41) is 13.7. The molecule has 0 spiro atoms. The third-order valence-electron chi connectivity index (χ3n) is 23.5. The molecule has 0 N–H and O–H groups in total. The van der Waals surface area contributed by atoms with E-state index in [9.17, 15) is 0 Å². The topological polar surface area (TPSA) is 61.4 Å². The quantitative estimate of drug-likeness (QED) is 0.0598. The van der Waals surface area contributed by atoms with Crippen LogP contribution in [-0.4, -0.2) is 45.2 Å². The van der Waals surface area contributed by atoms with E-state index in [2.05, 4.69) is 470 Å². The lowest BCUT2D eigenvalue weighted by Crippen LogP contribution is -2.79. The van der Waals surface area contributed by atoms with Crippen LogP contribution >= 0.6 is 0 Å². The summed E-state index contributed by atoms with van der Waals surface area (Å²) in [6, 6.07) is 169. The van der Waals surface area contributed by atoms with Gasteiger partial charge in [0, 0.05) is 32.2 Å². The van der Waals surface area contributed by atoms with Crippen LogP contribution in [0.4, 0.5) is 0 Å². The molecule has 538 valence electrons. The molecule has 4 aromatic heterocycles. The van der Waals surface area contributed by atoms with Crippen LogP contribution in [0.3, 0.4) is 0 Å². The molecule has 20 aromatic rings. The van der Waals surface area contributed by atoms with Crippen LogP contribution in [0, 0.1) is 0 Å². The fraction of sp³-hybridized carbons (Fsp3) is 0.0189. The van der Waals surface area contributed by atoms with Gasteiger partial charge in [-0.2, -0.15) is 0 Å². The van der Waals surface area contributed by atoms with E-state index >= 15 is 0 Å². The SMILES string of the molecule is c1ccc(C(c2ccccc2)(c2ccccc2)c2cc(C(c3ccccc3)(c3ccccc3)c3ccccc3)nc(-n3c4ccccc4c4cc(-c5ccc6c(c5)c5ccccc5n6-c5nc([Si](c6ccccc6)(c6ccccc6)c6ccccc6)cc([Si](c6ccccc6)(c6ccccc6)c6ccccc6)n5)ccc43)n2)cc1. The van der Waals surface area contributed by atoms with Crippen LogP contribution in [-0.2, 0) is 10.8 Å². The number of para-hydroxylation sites is 2. The van der Waals surface area contributed by atoms with E-state index < -0.39 is 27.0 Å². The molecule has 0 aliphatic carbocycles. The molecular formula is C106H76N6Si2. The maximum absolute atomic E-state index is 6.20. The summed E-state index contributed by atoms with van der Waals surface area (Å²) in [6.45, 7) is 0. The molecule has 6 nitrogen and oxygen atoms in total. The second-order valence-corrected chi connectivity index (χ2v) is 36.9. The highest BCUT2D eigenvalue weighted by atomic mass is 28.3. The summed E-state index contributed by atoms with van der Waals surface area (Å²) < 4.78 is 4.67. The Morgan fingerprint density at radius 3 is 0.667 bits per heavy atom. The van der Waals surface area contributed by atoms with Crippen molar-refractivity contribution in [2.75, 3.05) is 0 Å². The van der Waals surface area contributed by atoms with Gasteiger partial charge in [-0.25, -0.2) is 19.9 Å². The summed E-state index contributed by atoms with van der Waals surface area (Å²) in [4.78, 5) is 24.6. The Balaban J connectivity index is 0.834. The Morgan fingerprint density at radius 2 is 0.404 bits per heavy atom. The first kappa shape index (κ1) is 68.9. The van der Waals surface area contributed by atoms with E-state index in [1.807, 2.05) is 0 Å². The molecule has 0 unspecified atom stereocenters. The Morgan fingerprint density at radius 1 is 0.184 bits per heavy atom. The Labute approximate surface area is 665 Å². The van der Waals surface area contributed by atoms with Gasteiger partial charge in [-0.3, -0.25) is 9.13 Å². The lowest BCUT2D eigenvalue weighted by atomic mass is 9.64. The molecule has 0 aliphatic rings. The Hall–Kier alpha value is -14.3. The molecule has 0 atom stereocenters. The van der Waals surface area contributed by atoms with Crippen LogP contribution in [0.5, 0.6) is 0 Å². The molecule has 0 aliphatic heterocycles. The summed E-state index contributed by atoms with van der Waals surface area (Å²) in [6.07, 6.45) is 0. The average molecular weight is 1490 g/mol. The van der Waals surface area contributed by atoms with Crippen molar-refractivity contribution in [3.8, 4) is 23.0 Å². The fourth-order valence-corrected chi connectivity index (χ4v) is 27.9. The number of fused-ring (bicyclic) bond motifs is 6. The first-order chi connectivity index (χ1) is 56.5. The molecule has 0 radical (unpaired) electrons. The summed E-state index contributed by atoms with van der Waals surface area (Å²) in [7, 11) is -6.73. The first-order valence-electron chi connectivity index (χ1n) is 39.1. The monoisotopic (exact) mass is 1490 g/mol. The Kier molecular flexibility index (Phi) is 17.6. The van der Waals surface area contributed by atoms with Gasteiger partial charge in [0.2, 0.25) is 28.0 Å². The van der Waals surface area contributed by atoms with E-state index in [4.69, 9.17) is 19.9 Å². The van der Waals surface area contributed by atoms with E-state index in [0.717, 1.165) is 110 Å². The van der Waals surface area contributed by atoms with Gasteiger partial charge >= 0.3 is 0 Å². The molecule has 0 fully saturated rings. The van der Waals surface area contributed by atoms with Gasteiger partial charge in [0.1, 0.15) is 0 Å². The van der Waals surface area contributed by atoms with Crippen LogP contribution < -0.4 is 41.8 Å². The van der Waals surface area contributed by atoms with Crippen molar-refractivity contribution in [2.24, 2.45) is 0 Å². The van der Waals surface area contributed by atoms with Crippen molar-refractivity contribution in [1.29, 1.82) is 0 Å². The number of benzene rings is 16. The molecule has 0 saturated heterocycles.